The second kappa shape index (κ2) is 10.3. The van der Waals surface area contributed by atoms with Crippen LogP contribution in [0.3, 0.4) is 0 Å². The zero-order chi connectivity index (χ0) is 23.2. The number of rotatable bonds is 6. The first-order chi connectivity index (χ1) is 16.1. The first kappa shape index (κ1) is 22.5. The Hall–Kier alpha value is -3.72. The number of nitrogen functional groups attached to an aromatic ring is 1. The van der Waals surface area contributed by atoms with Crippen molar-refractivity contribution in [1.29, 1.82) is 5.26 Å². The van der Waals surface area contributed by atoms with E-state index >= 15 is 0 Å². The molecule has 3 aromatic rings. The minimum absolute atomic E-state index is 0.365. The van der Waals surface area contributed by atoms with Gasteiger partial charge in [0.1, 0.15) is 41.2 Å². The molecule has 3 N–H and O–H groups in total. The molecule has 0 saturated heterocycles. The largest absolute Gasteiger partial charge is 0.497 e. The van der Waals surface area contributed by atoms with Gasteiger partial charge in [0.15, 0.2) is 0 Å². The van der Waals surface area contributed by atoms with Gasteiger partial charge in [-0.2, -0.15) is 5.26 Å². The van der Waals surface area contributed by atoms with Crippen molar-refractivity contribution in [3.63, 3.8) is 0 Å². The van der Waals surface area contributed by atoms with E-state index in [9.17, 15) is 5.26 Å². The molecule has 4 rings (SSSR count). The number of pyridine rings is 1. The van der Waals surface area contributed by atoms with E-state index in [4.69, 9.17) is 19.9 Å². The van der Waals surface area contributed by atoms with Crippen molar-refractivity contribution < 1.29 is 19.2 Å². The molecule has 0 fully saturated rings. The van der Waals surface area contributed by atoms with E-state index in [-0.39, 0.29) is 0 Å². The van der Waals surface area contributed by atoms with Crippen molar-refractivity contribution >= 4 is 5.82 Å². The number of nitrogens with one attached hydrogen (secondary N) is 1. The Morgan fingerprint density at radius 2 is 1.67 bits per heavy atom. The van der Waals surface area contributed by atoms with Crippen LogP contribution in [0.5, 0.6) is 17.2 Å². The van der Waals surface area contributed by atoms with Crippen LogP contribution >= 0.6 is 0 Å². The topological polar surface area (TPSA) is 91.6 Å². The second-order valence-electron chi connectivity index (χ2n) is 8.26. The lowest BCUT2D eigenvalue weighted by Gasteiger charge is -2.18. The van der Waals surface area contributed by atoms with Crippen molar-refractivity contribution in [2.45, 2.75) is 45.1 Å². The predicted molar refractivity (Wildman–Crippen MR) is 127 cm³/mol. The number of hydrogen-bond acceptors (Lipinski definition) is 5. The van der Waals surface area contributed by atoms with E-state index in [1.54, 1.807) is 14.2 Å². The molecule has 33 heavy (non-hydrogen) atoms. The summed E-state index contributed by atoms with van der Waals surface area (Å²) in [5.74, 6) is 2.68. The summed E-state index contributed by atoms with van der Waals surface area (Å²) in [6.07, 6.45) is 6.53. The van der Waals surface area contributed by atoms with E-state index in [1.165, 1.54) is 18.4 Å². The Labute approximate surface area is 194 Å². The molecule has 170 valence electrons. The third kappa shape index (κ3) is 4.88. The van der Waals surface area contributed by atoms with Crippen LogP contribution in [0.4, 0.5) is 5.82 Å². The number of fused-ring (bicyclic) bond motifs is 1. The van der Waals surface area contributed by atoms with Crippen LogP contribution in [-0.2, 0) is 19.4 Å². The lowest BCUT2D eigenvalue weighted by Crippen LogP contribution is -2.23. The van der Waals surface area contributed by atoms with Gasteiger partial charge in [0.2, 0.25) is 0 Å². The van der Waals surface area contributed by atoms with E-state index in [1.807, 2.05) is 42.5 Å². The molecule has 1 heterocycles. The van der Waals surface area contributed by atoms with Gasteiger partial charge in [0, 0.05) is 23.1 Å². The fourth-order valence-electron chi connectivity index (χ4n) is 4.47. The smallest absolute Gasteiger partial charge is 0.289 e. The van der Waals surface area contributed by atoms with Crippen LogP contribution in [-0.4, -0.2) is 14.2 Å². The zero-order valence-electron chi connectivity index (χ0n) is 19.2. The van der Waals surface area contributed by atoms with Gasteiger partial charge in [-0.3, -0.25) is 5.73 Å². The van der Waals surface area contributed by atoms with Gasteiger partial charge in [-0.25, -0.2) is 4.98 Å². The number of ether oxygens (including phenoxy) is 3. The number of nitriles is 1. The van der Waals surface area contributed by atoms with E-state index in [0.717, 1.165) is 65.3 Å². The lowest BCUT2D eigenvalue weighted by molar-refractivity contribution is -0.374. The Morgan fingerprint density at radius 3 is 2.36 bits per heavy atom. The molecule has 0 aliphatic heterocycles. The van der Waals surface area contributed by atoms with Crippen LogP contribution in [0, 0.1) is 11.3 Å². The first-order valence-electron chi connectivity index (χ1n) is 11.3. The molecular weight excluding hydrogens is 414 g/mol. The Balaban J connectivity index is 1.69. The Morgan fingerprint density at radius 1 is 0.939 bits per heavy atom. The Kier molecular flexibility index (Phi) is 6.99. The molecule has 6 heteroatoms. The van der Waals surface area contributed by atoms with E-state index in [2.05, 4.69) is 11.1 Å². The number of H-pyrrole nitrogens is 1. The predicted octanol–water partition coefficient (Wildman–Crippen LogP) is 4.88. The van der Waals surface area contributed by atoms with E-state index in [0.29, 0.717) is 18.0 Å². The molecule has 0 bridgehead atoms. The van der Waals surface area contributed by atoms with Gasteiger partial charge in [0.05, 0.1) is 14.2 Å². The molecule has 0 unspecified atom stereocenters. The van der Waals surface area contributed by atoms with Crippen LogP contribution in [0.25, 0.3) is 11.1 Å². The normalized spacial score (nSPS) is 13.2. The maximum atomic E-state index is 9.91. The standard InChI is InChI=1S/C27H29N3O3/c1-31-20-11-13-21(14-12-20)33-17-19-10-9-18(15-25(19)32-2)26-22-7-5-3-4-6-8-24(22)30-27(29)23(26)16-28/h9-15H,3-8,17H2,1-2H3,(H2,29,30)/p+1. The van der Waals surface area contributed by atoms with Crippen molar-refractivity contribution in [3.8, 4) is 34.4 Å². The van der Waals surface area contributed by atoms with Gasteiger partial charge in [-0.1, -0.05) is 25.0 Å². The highest BCUT2D eigenvalue weighted by atomic mass is 16.5. The lowest BCUT2D eigenvalue weighted by atomic mass is 9.87. The molecule has 1 aliphatic carbocycles. The number of methoxy groups -OCH3 is 2. The van der Waals surface area contributed by atoms with Crippen molar-refractivity contribution in [2.75, 3.05) is 20.0 Å². The molecule has 0 amide bonds. The average molecular weight is 445 g/mol. The van der Waals surface area contributed by atoms with Crippen LogP contribution in [0.15, 0.2) is 42.5 Å². The summed E-state index contributed by atoms with van der Waals surface area (Å²) in [6.45, 7) is 0.365. The third-order valence-electron chi connectivity index (χ3n) is 6.22. The van der Waals surface area contributed by atoms with Gasteiger partial charge in [-0.05, 0) is 55.2 Å². The maximum Gasteiger partial charge on any atom is 0.289 e. The monoisotopic (exact) mass is 444 g/mol. The summed E-state index contributed by atoms with van der Waals surface area (Å²) in [5.41, 5.74) is 11.9. The van der Waals surface area contributed by atoms with Gasteiger partial charge in [-0.15, -0.1) is 0 Å². The summed E-state index contributed by atoms with van der Waals surface area (Å²) < 4.78 is 16.9. The number of hydrogen-bond donors (Lipinski definition) is 1. The number of anilines is 1. The molecular formula is C27H30N3O3+. The van der Waals surface area contributed by atoms with Crippen LogP contribution < -0.4 is 24.9 Å². The van der Waals surface area contributed by atoms with Gasteiger partial charge < -0.3 is 14.2 Å². The van der Waals surface area contributed by atoms with Crippen molar-refractivity contribution in [1.82, 2.24) is 0 Å². The van der Waals surface area contributed by atoms with Crippen molar-refractivity contribution in [2.24, 2.45) is 0 Å². The highest BCUT2D eigenvalue weighted by molar-refractivity contribution is 5.79. The quantitative estimate of drug-likeness (QED) is 0.585. The summed E-state index contributed by atoms with van der Waals surface area (Å²) >= 11 is 0. The summed E-state index contributed by atoms with van der Waals surface area (Å²) in [4.78, 5) is 3.31. The second-order valence-corrected chi connectivity index (χ2v) is 8.26. The number of nitrogens with two attached hydrogens (primary N) is 1. The Bertz CT molecular complexity index is 1170. The molecule has 1 aromatic heterocycles. The number of aromatic amines is 1. The molecule has 1 aliphatic rings. The summed E-state index contributed by atoms with van der Waals surface area (Å²) in [6, 6.07) is 15.8. The van der Waals surface area contributed by atoms with Crippen molar-refractivity contribution in [3.05, 3.63) is 64.8 Å². The van der Waals surface area contributed by atoms with Gasteiger partial charge >= 0.3 is 0 Å². The first-order valence-corrected chi connectivity index (χ1v) is 11.3. The SMILES string of the molecule is COc1ccc(OCc2ccc(-c3c(C#N)c(N)[nH+]c4c3CCCCCC4)cc2OC)cc1. The van der Waals surface area contributed by atoms with E-state index < -0.39 is 0 Å². The molecule has 0 radical (unpaired) electrons. The number of nitrogens with zero attached hydrogens (tertiary/aromatic N) is 1. The number of benzene rings is 2. The van der Waals surface area contributed by atoms with Gasteiger partial charge in [0.25, 0.3) is 5.82 Å². The third-order valence-corrected chi connectivity index (χ3v) is 6.22. The molecule has 0 spiro atoms. The summed E-state index contributed by atoms with van der Waals surface area (Å²) in [7, 11) is 3.29. The molecule has 6 nitrogen and oxygen atoms in total. The highest BCUT2D eigenvalue weighted by Crippen LogP contribution is 2.36. The minimum atomic E-state index is 0.365. The van der Waals surface area contributed by atoms with Crippen LogP contribution in [0.1, 0.15) is 48.1 Å². The minimum Gasteiger partial charge on any atom is -0.497 e. The average Bonchev–Trinajstić information content (AvgIpc) is 2.83. The maximum absolute atomic E-state index is 9.91. The fraction of sp³-hybridized carbons (Fsp3) is 0.333. The van der Waals surface area contributed by atoms with Crippen LogP contribution in [0.2, 0.25) is 0 Å². The number of aromatic nitrogens is 1. The molecule has 0 atom stereocenters. The zero-order valence-corrected chi connectivity index (χ0v) is 19.2. The highest BCUT2D eigenvalue weighted by Gasteiger charge is 2.24. The fourth-order valence-corrected chi connectivity index (χ4v) is 4.47. The molecule has 0 saturated carbocycles. The number of aryl methyl sites for hydroxylation is 1. The summed E-state index contributed by atoms with van der Waals surface area (Å²) in [5, 5.41) is 9.91. The molecule has 2 aromatic carbocycles.